The third-order valence-corrected chi connectivity index (χ3v) is 3.92. The summed E-state index contributed by atoms with van der Waals surface area (Å²) in [5.74, 6) is 1.16. The highest BCUT2D eigenvalue weighted by atomic mass is 16.5. The van der Waals surface area contributed by atoms with Crippen LogP contribution in [0.1, 0.15) is 24.8 Å². The number of morpholine rings is 1. The zero-order chi connectivity index (χ0) is 16.2. The summed E-state index contributed by atoms with van der Waals surface area (Å²) in [6, 6.07) is 7.94. The van der Waals surface area contributed by atoms with Gasteiger partial charge in [-0.1, -0.05) is 35.0 Å². The summed E-state index contributed by atoms with van der Waals surface area (Å²) in [5, 5.41) is 3.99. The van der Waals surface area contributed by atoms with Crippen molar-refractivity contribution in [1.29, 1.82) is 0 Å². The van der Waals surface area contributed by atoms with Gasteiger partial charge in [0.15, 0.2) is 0 Å². The van der Waals surface area contributed by atoms with E-state index in [1.165, 1.54) is 5.56 Å². The number of aromatic nitrogens is 2. The Bertz CT molecular complexity index is 666. The van der Waals surface area contributed by atoms with Crippen LogP contribution in [-0.4, -0.2) is 46.7 Å². The van der Waals surface area contributed by atoms with E-state index in [1.807, 2.05) is 43.0 Å². The fraction of sp³-hybridized carbons (Fsp3) is 0.471. The first-order valence-electron chi connectivity index (χ1n) is 7.91. The van der Waals surface area contributed by atoms with Gasteiger partial charge in [-0.3, -0.25) is 4.79 Å². The topological polar surface area (TPSA) is 68.5 Å². The first-order valence-corrected chi connectivity index (χ1v) is 7.91. The van der Waals surface area contributed by atoms with Crippen LogP contribution >= 0.6 is 0 Å². The van der Waals surface area contributed by atoms with Gasteiger partial charge in [0.1, 0.15) is 0 Å². The van der Waals surface area contributed by atoms with Gasteiger partial charge in [-0.15, -0.1) is 0 Å². The Morgan fingerprint density at radius 2 is 2.13 bits per heavy atom. The summed E-state index contributed by atoms with van der Waals surface area (Å²) < 4.78 is 10.7. The fourth-order valence-electron chi connectivity index (χ4n) is 2.59. The second-order valence-corrected chi connectivity index (χ2v) is 5.90. The van der Waals surface area contributed by atoms with E-state index in [-0.39, 0.29) is 12.0 Å². The zero-order valence-electron chi connectivity index (χ0n) is 13.5. The molecule has 0 aliphatic carbocycles. The molecule has 2 aromatic rings. The van der Waals surface area contributed by atoms with Crippen LogP contribution < -0.4 is 0 Å². The maximum absolute atomic E-state index is 12.2. The van der Waals surface area contributed by atoms with Gasteiger partial charge in [0.25, 0.3) is 0 Å². The van der Waals surface area contributed by atoms with Crippen molar-refractivity contribution >= 4 is 5.91 Å². The molecule has 0 bridgehead atoms. The monoisotopic (exact) mass is 315 g/mol. The van der Waals surface area contributed by atoms with E-state index >= 15 is 0 Å². The number of carbonyl (C=O) groups is 1. The second kappa shape index (κ2) is 6.91. The van der Waals surface area contributed by atoms with Crippen molar-refractivity contribution < 1.29 is 14.1 Å². The molecule has 3 rings (SSSR count). The molecule has 6 nitrogen and oxygen atoms in total. The van der Waals surface area contributed by atoms with Gasteiger partial charge in [0.05, 0.1) is 12.7 Å². The van der Waals surface area contributed by atoms with Gasteiger partial charge >= 0.3 is 0 Å². The molecule has 1 saturated heterocycles. The molecule has 6 heteroatoms. The minimum atomic E-state index is 0.101. The van der Waals surface area contributed by atoms with E-state index in [2.05, 4.69) is 10.1 Å². The number of hydrogen-bond acceptors (Lipinski definition) is 5. The number of ether oxygens (including phenoxy) is 1. The quantitative estimate of drug-likeness (QED) is 0.865. The van der Waals surface area contributed by atoms with E-state index in [4.69, 9.17) is 9.26 Å². The Labute approximate surface area is 135 Å². The Kier molecular flexibility index (Phi) is 4.71. The lowest BCUT2D eigenvalue weighted by atomic mass is 10.1. The van der Waals surface area contributed by atoms with Crippen molar-refractivity contribution in [2.24, 2.45) is 0 Å². The Morgan fingerprint density at radius 1 is 1.35 bits per heavy atom. The van der Waals surface area contributed by atoms with E-state index in [0.29, 0.717) is 44.3 Å². The molecule has 1 amide bonds. The van der Waals surface area contributed by atoms with Crippen LogP contribution in [0, 0.1) is 6.92 Å². The number of amides is 1. The van der Waals surface area contributed by atoms with E-state index in [0.717, 1.165) is 5.56 Å². The Balaban J connectivity index is 1.56. The number of hydrogen-bond donors (Lipinski definition) is 0. The van der Waals surface area contributed by atoms with Crippen LogP contribution in [0.3, 0.4) is 0 Å². The smallest absolute Gasteiger partial charge is 0.227 e. The Morgan fingerprint density at radius 3 is 2.87 bits per heavy atom. The predicted octanol–water partition coefficient (Wildman–Crippen LogP) is 2.22. The SMILES string of the molecule is Cc1ccc(-c2noc(CCC(=O)N3CCOC(C)C3)n2)cc1. The normalized spacial score (nSPS) is 18.2. The van der Waals surface area contributed by atoms with Gasteiger partial charge in [0, 0.05) is 31.5 Å². The Hall–Kier alpha value is -2.21. The molecule has 1 aromatic heterocycles. The molecule has 2 heterocycles. The minimum absolute atomic E-state index is 0.101. The van der Waals surface area contributed by atoms with Gasteiger partial charge in [0.2, 0.25) is 17.6 Å². The van der Waals surface area contributed by atoms with Crippen molar-refractivity contribution in [2.45, 2.75) is 32.8 Å². The average molecular weight is 315 g/mol. The molecule has 1 aliphatic rings. The molecule has 0 N–H and O–H groups in total. The van der Waals surface area contributed by atoms with Crippen molar-refractivity contribution in [3.8, 4) is 11.4 Å². The predicted molar refractivity (Wildman–Crippen MR) is 84.8 cm³/mol. The highest BCUT2D eigenvalue weighted by Crippen LogP contribution is 2.17. The number of benzene rings is 1. The molecular weight excluding hydrogens is 294 g/mol. The summed E-state index contributed by atoms with van der Waals surface area (Å²) >= 11 is 0. The standard InChI is InChI=1S/C17H21N3O3/c1-12-3-5-14(6-4-12)17-18-15(23-19-17)7-8-16(21)20-9-10-22-13(2)11-20/h3-6,13H,7-11H2,1-2H3. The molecule has 1 atom stereocenters. The molecule has 1 unspecified atom stereocenters. The van der Waals surface area contributed by atoms with Gasteiger partial charge in [-0.05, 0) is 13.8 Å². The van der Waals surface area contributed by atoms with E-state index in [1.54, 1.807) is 0 Å². The molecule has 1 aromatic carbocycles. The lowest BCUT2D eigenvalue weighted by molar-refractivity contribution is -0.138. The molecule has 1 aliphatic heterocycles. The van der Waals surface area contributed by atoms with Crippen LogP contribution in [0.2, 0.25) is 0 Å². The van der Waals surface area contributed by atoms with Crippen LogP contribution in [0.4, 0.5) is 0 Å². The maximum atomic E-state index is 12.2. The highest BCUT2D eigenvalue weighted by Gasteiger charge is 2.21. The third kappa shape index (κ3) is 3.96. The van der Waals surface area contributed by atoms with Crippen molar-refractivity contribution in [2.75, 3.05) is 19.7 Å². The minimum Gasteiger partial charge on any atom is -0.375 e. The summed E-state index contributed by atoms with van der Waals surface area (Å²) in [4.78, 5) is 18.4. The van der Waals surface area contributed by atoms with E-state index in [9.17, 15) is 4.79 Å². The molecule has 23 heavy (non-hydrogen) atoms. The molecule has 0 spiro atoms. The van der Waals surface area contributed by atoms with Gasteiger partial charge in [-0.2, -0.15) is 4.98 Å². The van der Waals surface area contributed by atoms with Crippen LogP contribution in [-0.2, 0) is 16.0 Å². The summed E-state index contributed by atoms with van der Waals surface area (Å²) in [5.41, 5.74) is 2.10. The maximum Gasteiger partial charge on any atom is 0.227 e. The van der Waals surface area contributed by atoms with Crippen molar-refractivity contribution in [3.63, 3.8) is 0 Å². The second-order valence-electron chi connectivity index (χ2n) is 5.90. The first kappa shape index (κ1) is 15.7. The van der Waals surface area contributed by atoms with Crippen molar-refractivity contribution in [1.82, 2.24) is 15.0 Å². The van der Waals surface area contributed by atoms with E-state index < -0.39 is 0 Å². The van der Waals surface area contributed by atoms with Gasteiger partial charge in [-0.25, -0.2) is 0 Å². The first-order chi connectivity index (χ1) is 11.1. The number of rotatable bonds is 4. The number of aryl methyl sites for hydroxylation is 2. The summed E-state index contributed by atoms with van der Waals surface area (Å²) in [6.07, 6.45) is 0.940. The van der Waals surface area contributed by atoms with Crippen LogP contribution in [0.15, 0.2) is 28.8 Å². The molecule has 122 valence electrons. The van der Waals surface area contributed by atoms with Crippen LogP contribution in [0.25, 0.3) is 11.4 Å². The lowest BCUT2D eigenvalue weighted by Crippen LogP contribution is -2.44. The zero-order valence-corrected chi connectivity index (χ0v) is 13.5. The number of carbonyl (C=O) groups excluding carboxylic acids is 1. The highest BCUT2D eigenvalue weighted by molar-refractivity contribution is 5.76. The summed E-state index contributed by atoms with van der Waals surface area (Å²) in [6.45, 7) is 5.92. The van der Waals surface area contributed by atoms with Crippen LogP contribution in [0.5, 0.6) is 0 Å². The average Bonchev–Trinajstić information content (AvgIpc) is 3.02. The molecule has 0 saturated carbocycles. The molecule has 1 fully saturated rings. The molecule has 0 radical (unpaired) electrons. The third-order valence-electron chi connectivity index (χ3n) is 3.92. The fourth-order valence-corrected chi connectivity index (χ4v) is 2.59. The molecular formula is C17H21N3O3. The lowest BCUT2D eigenvalue weighted by Gasteiger charge is -2.31. The van der Waals surface area contributed by atoms with Crippen molar-refractivity contribution in [3.05, 3.63) is 35.7 Å². The number of nitrogens with zero attached hydrogens (tertiary/aromatic N) is 3. The summed E-state index contributed by atoms with van der Waals surface area (Å²) in [7, 11) is 0. The van der Waals surface area contributed by atoms with Gasteiger partial charge < -0.3 is 14.2 Å². The largest absolute Gasteiger partial charge is 0.375 e.